The topological polar surface area (TPSA) is 78.9 Å². The lowest BCUT2D eigenvalue weighted by Crippen LogP contribution is -2.30. The average Bonchev–Trinajstić information content (AvgIpc) is 3.49. The Morgan fingerprint density at radius 2 is 0.482 bits per heavy atom. The molecule has 6 heteroatoms. The summed E-state index contributed by atoms with van der Waals surface area (Å²) in [7, 11) is 0. The molecule has 0 saturated carbocycles. The lowest BCUT2D eigenvalue weighted by molar-refractivity contribution is -0.167. The van der Waals surface area contributed by atoms with Crippen molar-refractivity contribution in [2.75, 3.05) is 13.2 Å². The predicted molar refractivity (Wildman–Crippen MR) is 362 cm³/mol. The first-order valence-corrected chi connectivity index (χ1v) is 35.7. The highest BCUT2D eigenvalue weighted by atomic mass is 16.6. The van der Waals surface area contributed by atoms with E-state index in [0.717, 1.165) is 89.9 Å². The number of esters is 3. The highest BCUT2D eigenvalue weighted by Gasteiger charge is 2.19. The average molecular weight is 1160 g/mol. The van der Waals surface area contributed by atoms with Gasteiger partial charge < -0.3 is 14.2 Å². The van der Waals surface area contributed by atoms with Crippen LogP contribution in [0, 0.1) is 0 Å². The smallest absolute Gasteiger partial charge is 0.306 e. The van der Waals surface area contributed by atoms with Gasteiger partial charge in [-0.3, -0.25) is 14.4 Å². The SMILES string of the molecule is CC/C=C\C/C=C\C/C=C\C/C=C\C/C=C\CCCC(=O)OC(COC(=O)CCCCCCC/C=C\CCCCCCCC)COC(=O)CCCCCCCCCCCCCCCCCCCCCCC/C=C\C/C=C\CCCCCCC. The fourth-order valence-electron chi connectivity index (χ4n) is 10.2. The van der Waals surface area contributed by atoms with Crippen molar-refractivity contribution in [1.29, 1.82) is 0 Å². The number of carbonyl (C=O) groups excluding carboxylic acids is 3. The molecule has 0 rings (SSSR count). The third-order valence-electron chi connectivity index (χ3n) is 15.5. The van der Waals surface area contributed by atoms with Crippen LogP contribution >= 0.6 is 0 Å². The second-order valence-corrected chi connectivity index (χ2v) is 23.8. The molecule has 0 fully saturated rings. The second kappa shape index (κ2) is 70.8. The molecule has 0 amide bonds. The summed E-state index contributed by atoms with van der Waals surface area (Å²) in [5.41, 5.74) is 0. The standard InChI is InChI=1S/C77H134O6/c1-4-7-10-13-16-19-22-25-28-30-31-32-33-34-35-36-37-38-39-40-41-42-43-44-45-47-49-52-55-58-61-64-67-70-76(79)82-73-74(72-81-75(78)69-66-63-60-57-54-51-48-27-24-21-18-15-12-9-6-3)83-77(80)71-68-65-62-59-56-53-50-46-29-26-23-20-17-14-11-8-5-2/h8,11,17,20,22,25-27,29-31,48,50,53,59,62,74H,4-7,9-10,12-16,18-19,21,23-24,28,32-47,49,51-52,54-58,60-61,63-73H2,1-3H3/b11-8-,20-17-,25-22-,29-26-,31-30-,48-27-,53-50-,62-59-. The molecule has 0 aromatic carbocycles. The Hall–Kier alpha value is -3.67. The summed E-state index contributed by atoms with van der Waals surface area (Å²) < 4.78 is 16.9. The molecule has 1 atom stereocenters. The molecule has 0 spiro atoms. The zero-order valence-corrected chi connectivity index (χ0v) is 54.9. The van der Waals surface area contributed by atoms with E-state index in [2.05, 4.69) is 118 Å². The number of allylic oxidation sites excluding steroid dienone is 16. The Bertz CT molecular complexity index is 1610. The minimum atomic E-state index is -0.811. The summed E-state index contributed by atoms with van der Waals surface area (Å²) in [5, 5.41) is 0. The van der Waals surface area contributed by atoms with E-state index >= 15 is 0 Å². The van der Waals surface area contributed by atoms with Gasteiger partial charge in [0.1, 0.15) is 13.2 Å². The molecular formula is C77H134O6. The number of rotatable bonds is 65. The van der Waals surface area contributed by atoms with Gasteiger partial charge in [0, 0.05) is 19.3 Å². The highest BCUT2D eigenvalue weighted by molar-refractivity contribution is 5.71. The van der Waals surface area contributed by atoms with Crippen LogP contribution < -0.4 is 0 Å². The van der Waals surface area contributed by atoms with Crippen LogP contribution in [-0.4, -0.2) is 37.2 Å². The fraction of sp³-hybridized carbons (Fsp3) is 0.753. The first-order chi connectivity index (χ1) is 41.0. The van der Waals surface area contributed by atoms with Crippen LogP contribution in [0.2, 0.25) is 0 Å². The van der Waals surface area contributed by atoms with Gasteiger partial charge in [0.25, 0.3) is 0 Å². The summed E-state index contributed by atoms with van der Waals surface area (Å²) in [6, 6.07) is 0. The van der Waals surface area contributed by atoms with E-state index in [0.29, 0.717) is 19.3 Å². The van der Waals surface area contributed by atoms with Crippen molar-refractivity contribution in [2.45, 2.75) is 361 Å². The molecular weight excluding hydrogens is 1020 g/mol. The van der Waals surface area contributed by atoms with Gasteiger partial charge >= 0.3 is 17.9 Å². The van der Waals surface area contributed by atoms with Crippen molar-refractivity contribution in [2.24, 2.45) is 0 Å². The Kier molecular flexibility index (Phi) is 67.7. The Labute approximate surface area is 515 Å². The van der Waals surface area contributed by atoms with E-state index in [-0.39, 0.29) is 37.5 Å². The van der Waals surface area contributed by atoms with E-state index in [1.54, 1.807) is 0 Å². The van der Waals surface area contributed by atoms with Crippen molar-refractivity contribution < 1.29 is 28.6 Å². The van der Waals surface area contributed by atoms with E-state index in [1.165, 1.54) is 218 Å². The molecule has 83 heavy (non-hydrogen) atoms. The number of carbonyl (C=O) groups is 3. The van der Waals surface area contributed by atoms with Crippen LogP contribution in [0.1, 0.15) is 355 Å². The molecule has 0 saturated heterocycles. The van der Waals surface area contributed by atoms with Crippen molar-refractivity contribution in [3.05, 3.63) is 97.2 Å². The first kappa shape index (κ1) is 79.3. The number of ether oxygens (including phenoxy) is 3. The molecule has 0 aromatic heterocycles. The zero-order chi connectivity index (χ0) is 59.9. The molecule has 0 heterocycles. The maximum Gasteiger partial charge on any atom is 0.306 e. The monoisotopic (exact) mass is 1160 g/mol. The van der Waals surface area contributed by atoms with Crippen LogP contribution in [0.4, 0.5) is 0 Å². The largest absolute Gasteiger partial charge is 0.462 e. The zero-order valence-electron chi connectivity index (χ0n) is 54.9. The highest BCUT2D eigenvalue weighted by Crippen LogP contribution is 2.17. The van der Waals surface area contributed by atoms with Crippen molar-refractivity contribution in [1.82, 2.24) is 0 Å². The van der Waals surface area contributed by atoms with Gasteiger partial charge in [-0.25, -0.2) is 0 Å². The molecule has 0 aliphatic rings. The maximum absolute atomic E-state index is 12.9. The molecule has 6 nitrogen and oxygen atoms in total. The molecule has 0 aliphatic carbocycles. The van der Waals surface area contributed by atoms with Gasteiger partial charge in [0.2, 0.25) is 0 Å². The fourth-order valence-corrected chi connectivity index (χ4v) is 10.2. The molecule has 0 N–H and O–H groups in total. The quantitative estimate of drug-likeness (QED) is 0.0261. The summed E-state index contributed by atoms with van der Waals surface area (Å²) in [4.78, 5) is 38.4. The number of hydrogen-bond acceptors (Lipinski definition) is 6. The first-order valence-electron chi connectivity index (χ1n) is 35.7. The van der Waals surface area contributed by atoms with Crippen LogP contribution in [0.15, 0.2) is 97.2 Å². The molecule has 0 aromatic rings. The van der Waals surface area contributed by atoms with Gasteiger partial charge in [-0.1, -0.05) is 317 Å². The Morgan fingerprint density at radius 1 is 0.253 bits per heavy atom. The minimum Gasteiger partial charge on any atom is -0.462 e. The lowest BCUT2D eigenvalue weighted by Gasteiger charge is -2.18. The van der Waals surface area contributed by atoms with E-state index in [1.807, 2.05) is 0 Å². The maximum atomic E-state index is 12.9. The van der Waals surface area contributed by atoms with Crippen molar-refractivity contribution >= 4 is 17.9 Å². The molecule has 0 aliphatic heterocycles. The Morgan fingerprint density at radius 3 is 0.783 bits per heavy atom. The molecule has 0 radical (unpaired) electrons. The molecule has 0 bridgehead atoms. The number of hydrogen-bond donors (Lipinski definition) is 0. The minimum absolute atomic E-state index is 0.0999. The van der Waals surface area contributed by atoms with Gasteiger partial charge in [-0.05, 0) is 116 Å². The second-order valence-electron chi connectivity index (χ2n) is 23.8. The van der Waals surface area contributed by atoms with Crippen LogP contribution in [0.5, 0.6) is 0 Å². The normalized spacial score (nSPS) is 12.7. The van der Waals surface area contributed by atoms with Gasteiger partial charge in [-0.2, -0.15) is 0 Å². The van der Waals surface area contributed by atoms with Crippen molar-refractivity contribution in [3.8, 4) is 0 Å². The summed E-state index contributed by atoms with van der Waals surface area (Å²) in [6.07, 6.45) is 96.0. The summed E-state index contributed by atoms with van der Waals surface area (Å²) >= 11 is 0. The van der Waals surface area contributed by atoms with E-state index in [4.69, 9.17) is 14.2 Å². The molecule has 478 valence electrons. The molecule has 1 unspecified atom stereocenters. The van der Waals surface area contributed by atoms with Crippen LogP contribution in [0.3, 0.4) is 0 Å². The lowest BCUT2D eigenvalue weighted by atomic mass is 10.0. The van der Waals surface area contributed by atoms with Gasteiger partial charge in [0.15, 0.2) is 6.10 Å². The Balaban J connectivity index is 4.22. The van der Waals surface area contributed by atoms with Crippen LogP contribution in [0.25, 0.3) is 0 Å². The summed E-state index contributed by atoms with van der Waals surface area (Å²) in [6.45, 7) is 6.49. The third-order valence-corrected chi connectivity index (χ3v) is 15.5. The predicted octanol–water partition coefficient (Wildman–Crippen LogP) is 24.8. The summed E-state index contributed by atoms with van der Waals surface area (Å²) in [5.74, 6) is -0.953. The van der Waals surface area contributed by atoms with Gasteiger partial charge in [-0.15, -0.1) is 0 Å². The van der Waals surface area contributed by atoms with E-state index < -0.39 is 6.10 Å². The van der Waals surface area contributed by atoms with Crippen molar-refractivity contribution in [3.63, 3.8) is 0 Å². The third kappa shape index (κ3) is 69.0. The van der Waals surface area contributed by atoms with Gasteiger partial charge in [0.05, 0.1) is 0 Å². The van der Waals surface area contributed by atoms with Crippen LogP contribution in [-0.2, 0) is 28.6 Å². The van der Waals surface area contributed by atoms with E-state index in [9.17, 15) is 14.4 Å². The number of unbranched alkanes of at least 4 members (excludes halogenated alkanes) is 38.